The Balaban J connectivity index is 1.53. The molecule has 1 saturated heterocycles. The van der Waals surface area contributed by atoms with Crippen LogP contribution in [0.25, 0.3) is 16.7 Å². The van der Waals surface area contributed by atoms with Crippen molar-refractivity contribution in [2.45, 2.75) is 45.5 Å². The molecule has 2 aromatic heterocycles. The van der Waals surface area contributed by atoms with Crippen LogP contribution in [0.15, 0.2) is 42.7 Å². The molecule has 0 saturated carbocycles. The molecular weight excluding hydrogens is 461 g/mol. The zero-order valence-corrected chi connectivity index (χ0v) is 19.3. The van der Waals surface area contributed by atoms with Gasteiger partial charge in [-0.1, -0.05) is 0 Å². The summed E-state index contributed by atoms with van der Waals surface area (Å²) in [6.45, 7) is 6.32. The van der Waals surface area contributed by atoms with E-state index < -0.39 is 11.9 Å². The lowest BCUT2D eigenvalue weighted by atomic mass is 9.96. The van der Waals surface area contributed by atoms with Crippen LogP contribution in [-0.2, 0) is 5.54 Å². The molecule has 3 heterocycles. The van der Waals surface area contributed by atoms with Gasteiger partial charge in [-0.05, 0) is 69.0 Å². The van der Waals surface area contributed by atoms with Gasteiger partial charge >= 0.3 is 6.36 Å². The van der Waals surface area contributed by atoms with Crippen molar-refractivity contribution < 1.29 is 22.7 Å². The number of rotatable bonds is 4. The first-order valence-electron chi connectivity index (χ1n) is 11.1. The van der Waals surface area contributed by atoms with Gasteiger partial charge in [-0.25, -0.2) is 4.98 Å². The number of hydrogen-bond acceptors (Lipinski definition) is 5. The Hall–Kier alpha value is -3.89. The average Bonchev–Trinajstić information content (AvgIpc) is 3.53. The lowest BCUT2D eigenvalue weighted by Gasteiger charge is -2.34. The highest BCUT2D eigenvalue weighted by Crippen LogP contribution is 2.40. The van der Waals surface area contributed by atoms with E-state index in [1.807, 2.05) is 32.9 Å². The van der Waals surface area contributed by atoms with Crippen LogP contribution in [0.1, 0.15) is 47.1 Å². The second-order valence-corrected chi connectivity index (χ2v) is 8.92. The molecule has 4 aromatic rings. The Bertz CT molecular complexity index is 1410. The second kappa shape index (κ2) is 8.10. The minimum absolute atomic E-state index is 0.193. The Labute approximate surface area is 198 Å². The molecule has 5 rings (SSSR count). The molecule has 1 aliphatic heterocycles. The number of aryl methyl sites for hydroxylation is 2. The van der Waals surface area contributed by atoms with Crippen LogP contribution in [-0.4, -0.2) is 48.7 Å². The first-order valence-corrected chi connectivity index (χ1v) is 11.1. The number of halogens is 3. The minimum Gasteiger partial charge on any atom is -0.406 e. The van der Waals surface area contributed by atoms with Gasteiger partial charge in [-0.3, -0.25) is 4.79 Å². The molecule has 1 atom stereocenters. The molecule has 0 radical (unpaired) electrons. The number of imidazole rings is 1. The Morgan fingerprint density at radius 2 is 1.83 bits per heavy atom. The van der Waals surface area contributed by atoms with Gasteiger partial charge in [-0.15, -0.1) is 13.2 Å². The van der Waals surface area contributed by atoms with Gasteiger partial charge in [-0.2, -0.15) is 15.0 Å². The second-order valence-electron chi connectivity index (χ2n) is 8.92. The molecule has 1 unspecified atom stereocenters. The minimum atomic E-state index is -4.79. The highest BCUT2D eigenvalue weighted by Gasteiger charge is 2.44. The highest BCUT2D eigenvalue weighted by atomic mass is 19.4. The number of aromatic amines is 1. The van der Waals surface area contributed by atoms with Crippen LogP contribution in [0.2, 0.25) is 0 Å². The van der Waals surface area contributed by atoms with E-state index >= 15 is 0 Å². The lowest BCUT2D eigenvalue weighted by molar-refractivity contribution is -0.274. The number of carbonyl (C=O) groups excluding carboxylic acids is 1. The first kappa shape index (κ1) is 22.9. The monoisotopic (exact) mass is 484 g/mol. The van der Waals surface area contributed by atoms with E-state index in [9.17, 15) is 18.0 Å². The summed E-state index contributed by atoms with van der Waals surface area (Å²) in [5.74, 6) is -0.0248. The zero-order chi connectivity index (χ0) is 25.0. The Morgan fingerprint density at radius 3 is 2.54 bits per heavy atom. The number of alkyl halides is 3. The molecule has 35 heavy (non-hydrogen) atoms. The number of H-pyrrole nitrogens is 1. The number of likely N-dealkylation sites (tertiary alicyclic amines) is 1. The molecular formula is C24H23F3N6O2. The van der Waals surface area contributed by atoms with Crippen molar-refractivity contribution in [3.63, 3.8) is 0 Å². The summed E-state index contributed by atoms with van der Waals surface area (Å²) in [5, 5.41) is 8.42. The maximum atomic E-state index is 13.9. The van der Waals surface area contributed by atoms with Gasteiger partial charge in [0.2, 0.25) is 0 Å². The van der Waals surface area contributed by atoms with Crippen LogP contribution < -0.4 is 4.74 Å². The molecule has 8 nitrogen and oxygen atoms in total. The van der Waals surface area contributed by atoms with E-state index in [1.165, 1.54) is 23.0 Å². The van der Waals surface area contributed by atoms with Crippen LogP contribution in [0.3, 0.4) is 0 Å². The number of hydrogen-bond donors (Lipinski definition) is 1. The average molecular weight is 484 g/mol. The summed E-state index contributed by atoms with van der Waals surface area (Å²) in [7, 11) is 0. The molecule has 0 bridgehead atoms. The number of ether oxygens (including phenoxy) is 1. The number of aromatic nitrogens is 5. The lowest BCUT2D eigenvalue weighted by Crippen LogP contribution is -2.44. The molecule has 1 amide bonds. The summed E-state index contributed by atoms with van der Waals surface area (Å²) >= 11 is 0. The summed E-state index contributed by atoms with van der Waals surface area (Å²) in [6, 6.07) is 7.67. The zero-order valence-electron chi connectivity index (χ0n) is 19.3. The number of nitrogens with one attached hydrogen (secondary N) is 1. The highest BCUT2D eigenvalue weighted by molar-refractivity contribution is 5.99. The third-order valence-electron chi connectivity index (χ3n) is 6.56. The van der Waals surface area contributed by atoms with E-state index in [2.05, 4.69) is 24.9 Å². The summed E-state index contributed by atoms with van der Waals surface area (Å²) in [6.07, 6.45) is -0.291. The standard InChI is InChI=1S/C24H23F3N6O2/c1-14-11-17(20(12-15(14)2)33-28-8-9-29-33)21(34)32-10-4-7-23(32,3)22-30-18-6-5-16(13-19(18)31-22)35-24(25,26)27/h5-6,8-9,11-13H,4,7,10H2,1-3H3,(H,30,31). The van der Waals surface area contributed by atoms with Crippen LogP contribution in [0, 0.1) is 13.8 Å². The van der Waals surface area contributed by atoms with Gasteiger partial charge in [0.15, 0.2) is 0 Å². The Kier molecular flexibility index (Phi) is 5.30. The van der Waals surface area contributed by atoms with Gasteiger partial charge in [0, 0.05) is 12.6 Å². The third kappa shape index (κ3) is 4.11. The number of carbonyl (C=O) groups is 1. The van der Waals surface area contributed by atoms with E-state index in [1.54, 1.807) is 17.3 Å². The Morgan fingerprint density at radius 1 is 1.11 bits per heavy atom. The van der Waals surface area contributed by atoms with E-state index in [0.29, 0.717) is 41.1 Å². The number of fused-ring (bicyclic) bond motifs is 1. The summed E-state index contributed by atoms with van der Waals surface area (Å²) < 4.78 is 41.9. The number of amides is 1. The molecule has 0 aliphatic carbocycles. The van der Waals surface area contributed by atoms with Crippen LogP contribution >= 0.6 is 0 Å². The molecule has 1 N–H and O–H groups in total. The quantitative estimate of drug-likeness (QED) is 0.449. The van der Waals surface area contributed by atoms with Crippen molar-refractivity contribution in [2.24, 2.45) is 0 Å². The van der Waals surface area contributed by atoms with Crippen LogP contribution in [0.4, 0.5) is 13.2 Å². The van der Waals surface area contributed by atoms with E-state index in [0.717, 1.165) is 17.5 Å². The SMILES string of the molecule is Cc1cc(C(=O)N2CCCC2(C)c2nc3ccc(OC(F)(F)F)cc3[nH]2)c(-n2nccn2)cc1C. The molecule has 11 heteroatoms. The van der Waals surface area contributed by atoms with Crippen LogP contribution in [0.5, 0.6) is 5.75 Å². The van der Waals surface area contributed by atoms with Gasteiger partial charge < -0.3 is 14.6 Å². The number of benzene rings is 2. The van der Waals surface area contributed by atoms with Crippen molar-refractivity contribution in [1.29, 1.82) is 0 Å². The normalized spacial score (nSPS) is 18.4. The maximum absolute atomic E-state index is 13.9. The molecule has 2 aromatic carbocycles. The largest absolute Gasteiger partial charge is 0.573 e. The fraction of sp³-hybridized carbons (Fsp3) is 0.333. The van der Waals surface area contributed by atoms with Crippen molar-refractivity contribution in [3.8, 4) is 11.4 Å². The first-order chi connectivity index (χ1) is 16.5. The van der Waals surface area contributed by atoms with Crippen molar-refractivity contribution in [1.82, 2.24) is 29.9 Å². The van der Waals surface area contributed by atoms with Gasteiger partial charge in [0.1, 0.15) is 11.6 Å². The summed E-state index contributed by atoms with van der Waals surface area (Å²) in [5.41, 5.74) is 3.12. The molecule has 182 valence electrons. The number of nitrogens with zero attached hydrogens (tertiary/aromatic N) is 5. The molecule has 0 spiro atoms. The third-order valence-corrected chi connectivity index (χ3v) is 6.56. The fourth-order valence-electron chi connectivity index (χ4n) is 4.60. The van der Waals surface area contributed by atoms with E-state index in [4.69, 9.17) is 0 Å². The maximum Gasteiger partial charge on any atom is 0.573 e. The predicted octanol–water partition coefficient (Wildman–Crippen LogP) is 4.81. The van der Waals surface area contributed by atoms with Gasteiger partial charge in [0.25, 0.3) is 5.91 Å². The van der Waals surface area contributed by atoms with Crippen molar-refractivity contribution in [3.05, 3.63) is 65.2 Å². The van der Waals surface area contributed by atoms with Gasteiger partial charge in [0.05, 0.1) is 40.2 Å². The van der Waals surface area contributed by atoms with Crippen molar-refractivity contribution >= 4 is 16.9 Å². The smallest absolute Gasteiger partial charge is 0.406 e. The fourth-order valence-corrected chi connectivity index (χ4v) is 4.60. The summed E-state index contributed by atoms with van der Waals surface area (Å²) in [4.78, 5) is 24.8. The predicted molar refractivity (Wildman–Crippen MR) is 121 cm³/mol. The van der Waals surface area contributed by atoms with E-state index in [-0.39, 0.29) is 11.7 Å². The molecule has 1 fully saturated rings. The molecule has 1 aliphatic rings. The van der Waals surface area contributed by atoms with Crippen molar-refractivity contribution in [2.75, 3.05) is 6.54 Å². The topological polar surface area (TPSA) is 88.9 Å².